The van der Waals surface area contributed by atoms with E-state index >= 15 is 0 Å². The van der Waals surface area contributed by atoms with Gasteiger partial charge in [-0.3, -0.25) is 9.69 Å². The highest BCUT2D eigenvalue weighted by Crippen LogP contribution is 2.55. The Hall–Kier alpha value is -2.10. The summed E-state index contributed by atoms with van der Waals surface area (Å²) >= 11 is 6.20. The quantitative estimate of drug-likeness (QED) is 0.788. The third kappa shape index (κ3) is 2.42. The fourth-order valence-electron chi connectivity index (χ4n) is 4.70. The SMILES string of the molecule is CC(C)=CC1N(C)CC(c2ccccc2)C12C(=O)Nc1cc(Cl)ccc12. The summed E-state index contributed by atoms with van der Waals surface area (Å²) in [4.78, 5) is 15.8. The molecule has 4 rings (SSSR count). The number of nitrogens with zero attached hydrogens (tertiary/aromatic N) is 1. The van der Waals surface area contributed by atoms with Gasteiger partial charge in [-0.25, -0.2) is 0 Å². The van der Waals surface area contributed by atoms with Gasteiger partial charge in [-0.2, -0.15) is 0 Å². The first-order chi connectivity index (χ1) is 12.4. The zero-order chi connectivity index (χ0) is 18.5. The number of carbonyl (C=O) groups is 1. The van der Waals surface area contributed by atoms with Gasteiger partial charge in [-0.05, 0) is 44.2 Å². The van der Waals surface area contributed by atoms with Crippen LogP contribution in [-0.4, -0.2) is 30.4 Å². The Kier molecular flexibility index (Phi) is 4.17. The van der Waals surface area contributed by atoms with Gasteiger partial charge < -0.3 is 5.32 Å². The van der Waals surface area contributed by atoms with Gasteiger partial charge in [-0.15, -0.1) is 0 Å². The first-order valence-electron chi connectivity index (χ1n) is 8.96. The summed E-state index contributed by atoms with van der Waals surface area (Å²) in [6, 6.07) is 16.2. The van der Waals surface area contributed by atoms with Gasteiger partial charge in [-0.1, -0.05) is 59.6 Å². The molecule has 2 aromatic rings. The summed E-state index contributed by atoms with van der Waals surface area (Å²) in [5.41, 5.74) is 3.65. The monoisotopic (exact) mass is 366 g/mol. The molecule has 0 radical (unpaired) electrons. The van der Waals surface area contributed by atoms with Gasteiger partial charge in [0.1, 0.15) is 5.41 Å². The van der Waals surface area contributed by atoms with Gasteiger partial charge in [0.25, 0.3) is 0 Å². The third-order valence-electron chi connectivity index (χ3n) is 5.71. The van der Waals surface area contributed by atoms with Crippen molar-refractivity contribution < 1.29 is 4.79 Å². The maximum Gasteiger partial charge on any atom is 0.237 e. The van der Waals surface area contributed by atoms with Crippen LogP contribution in [0, 0.1) is 0 Å². The molecule has 0 aliphatic carbocycles. The van der Waals surface area contributed by atoms with Crippen molar-refractivity contribution >= 4 is 23.2 Å². The predicted molar refractivity (Wildman–Crippen MR) is 107 cm³/mol. The van der Waals surface area contributed by atoms with Crippen LogP contribution in [0.2, 0.25) is 5.02 Å². The maximum absolute atomic E-state index is 13.5. The molecule has 26 heavy (non-hydrogen) atoms. The lowest BCUT2D eigenvalue weighted by molar-refractivity contribution is -0.121. The topological polar surface area (TPSA) is 32.3 Å². The van der Waals surface area contributed by atoms with Crippen molar-refractivity contribution in [3.63, 3.8) is 0 Å². The van der Waals surface area contributed by atoms with E-state index in [1.165, 1.54) is 11.1 Å². The standard InChI is InChI=1S/C22H23ClN2O/c1-14(2)11-20-22(17-10-9-16(23)12-19(17)24-21(22)26)18(13-25(20)3)15-7-5-4-6-8-15/h4-12,18,20H,13H2,1-3H3,(H,24,26). The highest BCUT2D eigenvalue weighted by molar-refractivity contribution is 6.31. The fraction of sp³-hybridized carbons (Fsp3) is 0.318. The van der Waals surface area contributed by atoms with Crippen molar-refractivity contribution in [2.45, 2.75) is 31.2 Å². The molecule has 0 bridgehead atoms. The van der Waals surface area contributed by atoms with E-state index in [2.05, 4.69) is 49.3 Å². The number of nitrogens with one attached hydrogen (secondary N) is 1. The Morgan fingerprint density at radius 3 is 2.65 bits per heavy atom. The summed E-state index contributed by atoms with van der Waals surface area (Å²) in [5, 5.41) is 3.76. The number of likely N-dealkylation sites (tertiary alicyclic amines) is 1. The van der Waals surface area contributed by atoms with Crippen molar-refractivity contribution in [1.29, 1.82) is 0 Å². The molecule has 2 aliphatic rings. The number of allylic oxidation sites excluding steroid dienone is 1. The molecule has 1 fully saturated rings. The lowest BCUT2D eigenvalue weighted by atomic mass is 9.66. The number of rotatable bonds is 2. The molecule has 0 aromatic heterocycles. The van der Waals surface area contributed by atoms with Crippen LogP contribution in [0.3, 0.4) is 0 Å². The largest absolute Gasteiger partial charge is 0.325 e. The normalized spacial score (nSPS) is 27.5. The summed E-state index contributed by atoms with van der Waals surface area (Å²) in [6.07, 6.45) is 2.23. The number of likely N-dealkylation sites (N-methyl/N-ethyl adjacent to an activating group) is 1. The molecule has 2 aliphatic heterocycles. The van der Waals surface area contributed by atoms with Crippen molar-refractivity contribution in [3.05, 3.63) is 76.3 Å². The highest BCUT2D eigenvalue weighted by Gasteiger charge is 2.62. The maximum atomic E-state index is 13.5. The zero-order valence-electron chi connectivity index (χ0n) is 15.3. The van der Waals surface area contributed by atoms with E-state index in [4.69, 9.17) is 11.6 Å². The molecule has 134 valence electrons. The van der Waals surface area contributed by atoms with Crippen molar-refractivity contribution in [1.82, 2.24) is 4.90 Å². The van der Waals surface area contributed by atoms with E-state index in [9.17, 15) is 4.79 Å². The average Bonchev–Trinajstić information content (AvgIpc) is 3.05. The molecule has 3 atom stereocenters. The molecular weight excluding hydrogens is 344 g/mol. The summed E-state index contributed by atoms with van der Waals surface area (Å²) in [7, 11) is 2.11. The van der Waals surface area contributed by atoms with Crippen LogP contribution in [0.1, 0.15) is 30.9 Å². The highest BCUT2D eigenvalue weighted by atomic mass is 35.5. The third-order valence-corrected chi connectivity index (χ3v) is 5.94. The molecule has 1 amide bonds. The van der Waals surface area contributed by atoms with Gasteiger partial charge >= 0.3 is 0 Å². The Labute approximate surface area is 159 Å². The minimum absolute atomic E-state index is 0.000122. The molecule has 3 nitrogen and oxygen atoms in total. The van der Waals surface area contributed by atoms with Gasteiger partial charge in [0.15, 0.2) is 0 Å². The van der Waals surface area contributed by atoms with Crippen LogP contribution >= 0.6 is 11.6 Å². The average molecular weight is 367 g/mol. The van der Waals surface area contributed by atoms with Crippen LogP contribution in [0.15, 0.2) is 60.2 Å². The van der Waals surface area contributed by atoms with Crippen molar-refractivity contribution in [2.75, 3.05) is 18.9 Å². The second-order valence-electron chi connectivity index (χ2n) is 7.60. The second-order valence-corrected chi connectivity index (χ2v) is 8.04. The summed E-state index contributed by atoms with van der Waals surface area (Å²) in [5.74, 6) is 0.146. The van der Waals surface area contributed by atoms with Crippen LogP contribution in [-0.2, 0) is 10.2 Å². The molecule has 0 saturated carbocycles. The number of hydrogen-bond donors (Lipinski definition) is 1. The second kappa shape index (κ2) is 6.26. The van der Waals surface area contributed by atoms with Crippen molar-refractivity contribution in [2.24, 2.45) is 0 Å². The molecule has 3 unspecified atom stereocenters. The smallest absolute Gasteiger partial charge is 0.237 e. The predicted octanol–water partition coefficient (Wildman–Crippen LogP) is 4.59. The molecule has 1 spiro atoms. The van der Waals surface area contributed by atoms with Gasteiger partial charge in [0.2, 0.25) is 5.91 Å². The van der Waals surface area contributed by atoms with E-state index in [1.54, 1.807) is 0 Å². The van der Waals surface area contributed by atoms with E-state index in [0.29, 0.717) is 5.02 Å². The lowest BCUT2D eigenvalue weighted by Gasteiger charge is -2.34. The Morgan fingerprint density at radius 2 is 1.96 bits per heavy atom. The minimum atomic E-state index is -0.646. The number of anilines is 1. The zero-order valence-corrected chi connectivity index (χ0v) is 16.0. The number of hydrogen-bond acceptors (Lipinski definition) is 2. The lowest BCUT2D eigenvalue weighted by Crippen LogP contribution is -2.47. The minimum Gasteiger partial charge on any atom is -0.325 e. The van der Waals surface area contributed by atoms with Crippen LogP contribution in [0.25, 0.3) is 0 Å². The number of fused-ring (bicyclic) bond motifs is 2. The number of halogens is 1. The fourth-order valence-corrected chi connectivity index (χ4v) is 4.87. The molecular formula is C22H23ClN2O. The molecule has 1 saturated heterocycles. The summed E-state index contributed by atoms with van der Waals surface area (Å²) < 4.78 is 0. The first kappa shape index (κ1) is 17.3. The number of carbonyl (C=O) groups excluding carboxylic acids is 1. The Bertz CT molecular complexity index is 888. The Balaban J connectivity index is 1.99. The van der Waals surface area contributed by atoms with Gasteiger partial charge in [0, 0.05) is 29.2 Å². The molecule has 4 heteroatoms. The van der Waals surface area contributed by atoms with Crippen LogP contribution < -0.4 is 5.32 Å². The Morgan fingerprint density at radius 1 is 1.23 bits per heavy atom. The summed E-state index contributed by atoms with van der Waals surface area (Å²) in [6.45, 7) is 5.01. The van der Waals surface area contributed by atoms with E-state index < -0.39 is 5.41 Å². The van der Waals surface area contributed by atoms with Crippen molar-refractivity contribution in [3.8, 4) is 0 Å². The van der Waals surface area contributed by atoms with Crippen LogP contribution in [0.5, 0.6) is 0 Å². The van der Waals surface area contributed by atoms with E-state index in [-0.39, 0.29) is 17.9 Å². The molecule has 2 aromatic carbocycles. The number of amides is 1. The van der Waals surface area contributed by atoms with Crippen LogP contribution in [0.4, 0.5) is 5.69 Å². The first-order valence-corrected chi connectivity index (χ1v) is 9.34. The van der Waals surface area contributed by atoms with E-state index in [1.807, 2.05) is 36.4 Å². The molecule has 1 N–H and O–H groups in total. The number of benzene rings is 2. The van der Waals surface area contributed by atoms with E-state index in [0.717, 1.165) is 17.8 Å². The molecule has 2 heterocycles. The van der Waals surface area contributed by atoms with Gasteiger partial charge in [0.05, 0.1) is 0 Å².